The van der Waals surface area contributed by atoms with Gasteiger partial charge >= 0.3 is 0 Å². The third-order valence-corrected chi connectivity index (χ3v) is 9.68. The molecule has 1 atom stereocenters. The van der Waals surface area contributed by atoms with Crippen molar-refractivity contribution in [3.8, 4) is 0 Å². The summed E-state index contributed by atoms with van der Waals surface area (Å²) in [4.78, 5) is 22.2. The fourth-order valence-corrected chi connectivity index (χ4v) is 7.44. The topological polar surface area (TPSA) is 115 Å². The maximum absolute atomic E-state index is 12.8. The zero-order valence-electron chi connectivity index (χ0n) is 15.3. The SMILES string of the molecule is Cc1cccc(NC(=O)c2cc(Cl)c(C3(C)CS(=O)(=O)C4(CC4)C(N)=N3)s2)n1. The molecule has 1 unspecified atom stereocenters. The van der Waals surface area contributed by atoms with E-state index in [4.69, 9.17) is 17.3 Å². The second kappa shape index (κ2) is 6.27. The van der Waals surface area contributed by atoms with Gasteiger partial charge in [0.05, 0.1) is 20.5 Å². The molecule has 0 bridgehead atoms. The van der Waals surface area contributed by atoms with Crippen LogP contribution in [0.4, 0.5) is 5.82 Å². The Bertz CT molecular complexity index is 1120. The third kappa shape index (κ3) is 3.01. The highest BCUT2D eigenvalue weighted by Crippen LogP contribution is 2.51. The number of rotatable bonds is 3. The van der Waals surface area contributed by atoms with E-state index in [0.717, 1.165) is 17.0 Å². The average molecular weight is 439 g/mol. The highest BCUT2D eigenvalue weighted by Gasteiger charge is 2.62. The van der Waals surface area contributed by atoms with Gasteiger partial charge in [-0.2, -0.15) is 0 Å². The number of halogens is 1. The second-order valence-corrected chi connectivity index (χ2v) is 11.2. The van der Waals surface area contributed by atoms with Crippen LogP contribution in [0.15, 0.2) is 29.3 Å². The number of nitrogens with zero attached hydrogens (tertiary/aromatic N) is 2. The summed E-state index contributed by atoms with van der Waals surface area (Å²) in [5.74, 6) is 0.0248. The molecule has 1 saturated carbocycles. The molecule has 1 aliphatic heterocycles. The van der Waals surface area contributed by atoms with Gasteiger partial charge in [0.2, 0.25) is 0 Å². The lowest BCUT2D eigenvalue weighted by molar-refractivity contribution is 0.103. The van der Waals surface area contributed by atoms with Gasteiger partial charge < -0.3 is 11.1 Å². The molecule has 1 amide bonds. The van der Waals surface area contributed by atoms with Crippen molar-refractivity contribution in [1.29, 1.82) is 0 Å². The summed E-state index contributed by atoms with van der Waals surface area (Å²) in [5, 5.41) is 3.03. The average Bonchev–Trinajstić information content (AvgIpc) is 3.31. The Hall–Kier alpha value is -1.97. The van der Waals surface area contributed by atoms with Crippen molar-refractivity contribution in [2.75, 3.05) is 11.1 Å². The van der Waals surface area contributed by atoms with E-state index in [0.29, 0.717) is 33.4 Å². The smallest absolute Gasteiger partial charge is 0.266 e. The lowest BCUT2D eigenvalue weighted by atomic mass is 10.0. The van der Waals surface area contributed by atoms with Crippen LogP contribution >= 0.6 is 22.9 Å². The number of aryl methyl sites for hydroxylation is 1. The summed E-state index contributed by atoms with van der Waals surface area (Å²) >= 11 is 7.50. The quantitative estimate of drug-likeness (QED) is 0.764. The molecule has 0 aromatic carbocycles. The van der Waals surface area contributed by atoms with Gasteiger partial charge in [-0.15, -0.1) is 11.3 Å². The Labute approximate surface area is 171 Å². The second-order valence-electron chi connectivity index (χ2n) is 7.43. The molecule has 1 fully saturated rings. The summed E-state index contributed by atoms with van der Waals surface area (Å²) in [6, 6.07) is 6.84. The molecule has 4 rings (SSSR count). The summed E-state index contributed by atoms with van der Waals surface area (Å²) in [5.41, 5.74) is 5.71. The maximum Gasteiger partial charge on any atom is 0.266 e. The number of hydrogen-bond acceptors (Lipinski definition) is 7. The van der Waals surface area contributed by atoms with Gasteiger partial charge in [0.25, 0.3) is 5.91 Å². The standard InChI is InChI=1S/C18H19ClN4O3S2/c1-10-4-3-5-13(21-10)22-15(24)12-8-11(19)14(27-12)17(2)9-28(25,26)18(6-7-18)16(20)23-17/h3-5,8H,6-7,9H2,1-2H3,(H2,20,23)(H,21,22,24). The fourth-order valence-electron chi connectivity index (χ4n) is 3.50. The molecule has 3 N–H and O–H groups in total. The van der Waals surface area contributed by atoms with Crippen LogP contribution in [-0.2, 0) is 15.4 Å². The van der Waals surface area contributed by atoms with Crippen LogP contribution in [0, 0.1) is 6.92 Å². The molecule has 0 saturated heterocycles. The van der Waals surface area contributed by atoms with Crippen molar-refractivity contribution in [3.63, 3.8) is 0 Å². The number of pyridine rings is 1. The number of thiophene rings is 1. The van der Waals surface area contributed by atoms with Crippen molar-refractivity contribution in [1.82, 2.24) is 4.98 Å². The molecule has 3 heterocycles. The van der Waals surface area contributed by atoms with Gasteiger partial charge in [-0.05, 0) is 44.9 Å². The largest absolute Gasteiger partial charge is 0.386 e. The monoisotopic (exact) mass is 438 g/mol. The number of amidine groups is 1. The van der Waals surface area contributed by atoms with E-state index in [-0.39, 0.29) is 17.5 Å². The minimum absolute atomic E-state index is 0.140. The summed E-state index contributed by atoms with van der Waals surface area (Å²) < 4.78 is 24.6. The van der Waals surface area contributed by atoms with Crippen molar-refractivity contribution in [2.45, 2.75) is 37.0 Å². The zero-order chi connectivity index (χ0) is 20.3. The number of carbonyl (C=O) groups is 1. The van der Waals surface area contributed by atoms with E-state index in [9.17, 15) is 13.2 Å². The number of anilines is 1. The van der Waals surface area contributed by atoms with E-state index in [1.807, 2.05) is 13.0 Å². The fraction of sp³-hybridized carbons (Fsp3) is 0.389. The van der Waals surface area contributed by atoms with Crippen LogP contribution in [0.3, 0.4) is 0 Å². The minimum Gasteiger partial charge on any atom is -0.386 e. The summed E-state index contributed by atoms with van der Waals surface area (Å²) in [6.07, 6.45) is 1.02. The van der Waals surface area contributed by atoms with Crippen molar-refractivity contribution in [3.05, 3.63) is 44.7 Å². The Morgan fingerprint density at radius 1 is 1.36 bits per heavy atom. The minimum atomic E-state index is -3.45. The Kier molecular flexibility index (Phi) is 4.33. The van der Waals surface area contributed by atoms with Gasteiger partial charge in [-0.3, -0.25) is 9.79 Å². The normalized spacial score (nSPS) is 24.6. The number of hydrogen-bond donors (Lipinski definition) is 2. The van der Waals surface area contributed by atoms with Crippen molar-refractivity contribution < 1.29 is 13.2 Å². The van der Waals surface area contributed by atoms with E-state index < -0.39 is 20.1 Å². The van der Waals surface area contributed by atoms with Crippen molar-refractivity contribution in [2.24, 2.45) is 10.7 Å². The van der Waals surface area contributed by atoms with Gasteiger partial charge in [-0.1, -0.05) is 17.7 Å². The van der Waals surface area contributed by atoms with E-state index >= 15 is 0 Å². The number of sulfone groups is 1. The van der Waals surface area contributed by atoms with E-state index in [1.54, 1.807) is 19.1 Å². The first-order chi connectivity index (χ1) is 13.1. The number of aliphatic imine (C=N–C) groups is 1. The first-order valence-electron chi connectivity index (χ1n) is 8.69. The number of carbonyl (C=O) groups excluding carboxylic acids is 1. The predicted octanol–water partition coefficient (Wildman–Crippen LogP) is 2.89. The lowest BCUT2D eigenvalue weighted by Crippen LogP contribution is -2.50. The van der Waals surface area contributed by atoms with Crippen LogP contribution in [0.2, 0.25) is 5.02 Å². The van der Waals surface area contributed by atoms with Gasteiger partial charge in [-0.25, -0.2) is 13.4 Å². The Balaban J connectivity index is 1.66. The van der Waals surface area contributed by atoms with Crippen LogP contribution in [0.1, 0.15) is 40.0 Å². The number of nitrogens with two attached hydrogens (primary N) is 1. The number of amides is 1. The highest BCUT2D eigenvalue weighted by molar-refractivity contribution is 7.94. The molecule has 1 spiro atoms. The zero-order valence-corrected chi connectivity index (χ0v) is 17.7. The lowest BCUT2D eigenvalue weighted by Gasteiger charge is -2.33. The first-order valence-corrected chi connectivity index (χ1v) is 11.5. The van der Waals surface area contributed by atoms with Gasteiger partial charge in [0.1, 0.15) is 21.9 Å². The van der Waals surface area contributed by atoms with Crippen LogP contribution in [-0.4, -0.2) is 35.6 Å². The molecule has 148 valence electrons. The first kappa shape index (κ1) is 19.4. The van der Waals surface area contributed by atoms with Crippen LogP contribution in [0.25, 0.3) is 0 Å². The molecule has 28 heavy (non-hydrogen) atoms. The van der Waals surface area contributed by atoms with Crippen molar-refractivity contribution >= 4 is 50.3 Å². The number of nitrogens with one attached hydrogen (secondary N) is 1. The summed E-state index contributed by atoms with van der Waals surface area (Å²) in [6.45, 7) is 3.52. The summed E-state index contributed by atoms with van der Waals surface area (Å²) in [7, 11) is -3.45. The van der Waals surface area contributed by atoms with Crippen LogP contribution in [0.5, 0.6) is 0 Å². The third-order valence-electron chi connectivity index (χ3n) is 5.13. The molecular weight excluding hydrogens is 420 g/mol. The molecule has 2 aliphatic rings. The number of aromatic nitrogens is 1. The van der Waals surface area contributed by atoms with Gasteiger partial charge in [0.15, 0.2) is 9.84 Å². The molecular formula is C18H19ClN4O3S2. The Morgan fingerprint density at radius 3 is 2.68 bits per heavy atom. The molecule has 2 aromatic heterocycles. The molecule has 10 heteroatoms. The van der Waals surface area contributed by atoms with E-state index in [2.05, 4.69) is 15.3 Å². The predicted molar refractivity (Wildman–Crippen MR) is 111 cm³/mol. The Morgan fingerprint density at radius 2 is 2.07 bits per heavy atom. The molecule has 2 aromatic rings. The highest BCUT2D eigenvalue weighted by atomic mass is 35.5. The van der Waals surface area contributed by atoms with Gasteiger partial charge in [0, 0.05) is 5.69 Å². The maximum atomic E-state index is 12.8. The van der Waals surface area contributed by atoms with E-state index in [1.165, 1.54) is 6.07 Å². The molecule has 1 aliphatic carbocycles. The van der Waals surface area contributed by atoms with Crippen LogP contribution < -0.4 is 11.1 Å². The molecule has 0 radical (unpaired) electrons. The molecule has 7 nitrogen and oxygen atoms in total.